The lowest BCUT2D eigenvalue weighted by Crippen LogP contribution is -2.53. The fraction of sp³-hybridized carbons (Fsp3) is 0.320. The molecule has 186 valence electrons. The highest BCUT2D eigenvalue weighted by Gasteiger charge is 2.36. The van der Waals surface area contributed by atoms with E-state index < -0.39 is 23.4 Å². The molecule has 0 spiro atoms. The maximum atomic E-state index is 14.1. The lowest BCUT2D eigenvalue weighted by Gasteiger charge is -2.44. The van der Waals surface area contributed by atoms with Crippen LogP contribution in [0.15, 0.2) is 42.9 Å². The zero-order valence-corrected chi connectivity index (χ0v) is 20.1. The van der Waals surface area contributed by atoms with Crippen molar-refractivity contribution in [2.75, 3.05) is 30.4 Å². The van der Waals surface area contributed by atoms with Crippen LogP contribution in [-0.2, 0) is 0 Å². The topological polar surface area (TPSA) is 91.8 Å². The molecule has 4 aromatic rings. The molecule has 1 unspecified atom stereocenters. The summed E-state index contributed by atoms with van der Waals surface area (Å²) in [5.41, 5.74) is 1.29. The minimum atomic E-state index is -1.41. The summed E-state index contributed by atoms with van der Waals surface area (Å²) in [6, 6.07) is 5.89. The second kappa shape index (κ2) is 9.30. The second-order valence-corrected chi connectivity index (χ2v) is 9.49. The number of pyridine rings is 3. The Morgan fingerprint density at radius 1 is 1.06 bits per heavy atom. The summed E-state index contributed by atoms with van der Waals surface area (Å²) in [4.78, 5) is 23.5. The number of nitrogens with one attached hydrogen (secondary N) is 2. The van der Waals surface area contributed by atoms with Gasteiger partial charge in [-0.1, -0.05) is 13.8 Å². The summed E-state index contributed by atoms with van der Waals surface area (Å²) in [6.45, 7) is 6.29. The molecule has 5 rings (SSSR count). The van der Waals surface area contributed by atoms with E-state index in [0.717, 1.165) is 30.7 Å². The summed E-state index contributed by atoms with van der Waals surface area (Å²) >= 11 is 0. The van der Waals surface area contributed by atoms with E-state index in [9.17, 15) is 13.2 Å². The van der Waals surface area contributed by atoms with E-state index in [2.05, 4.69) is 44.3 Å². The van der Waals surface area contributed by atoms with Gasteiger partial charge in [0.25, 0.3) is 5.95 Å². The van der Waals surface area contributed by atoms with Gasteiger partial charge in [-0.15, -0.1) is 0 Å². The van der Waals surface area contributed by atoms with Gasteiger partial charge in [0.15, 0.2) is 23.3 Å². The van der Waals surface area contributed by atoms with Crippen LogP contribution in [0, 0.1) is 23.0 Å². The Morgan fingerprint density at radius 2 is 1.89 bits per heavy atom. The molecule has 2 N–H and O–H groups in total. The van der Waals surface area contributed by atoms with Gasteiger partial charge in [-0.3, -0.25) is 4.98 Å². The zero-order chi connectivity index (χ0) is 25.4. The monoisotopic (exact) mass is 494 g/mol. The van der Waals surface area contributed by atoms with Gasteiger partial charge >= 0.3 is 0 Å². The smallest absolute Gasteiger partial charge is 0.251 e. The van der Waals surface area contributed by atoms with Gasteiger partial charge in [0.1, 0.15) is 11.6 Å². The van der Waals surface area contributed by atoms with Crippen LogP contribution in [0.5, 0.6) is 0 Å². The Morgan fingerprint density at radius 3 is 2.69 bits per heavy atom. The van der Waals surface area contributed by atoms with Crippen LogP contribution in [0.2, 0.25) is 0 Å². The number of anilines is 3. The number of hydrogen-bond donors (Lipinski definition) is 2. The van der Waals surface area contributed by atoms with Gasteiger partial charge in [-0.2, -0.15) is 9.37 Å². The van der Waals surface area contributed by atoms with E-state index in [1.165, 1.54) is 6.20 Å². The quantitative estimate of drug-likeness (QED) is 0.393. The molecule has 11 heteroatoms. The van der Waals surface area contributed by atoms with E-state index in [1.807, 2.05) is 13.1 Å². The number of piperidine rings is 1. The Balaban J connectivity index is 1.55. The van der Waals surface area contributed by atoms with E-state index in [-0.39, 0.29) is 17.3 Å². The normalized spacial score (nSPS) is 17.2. The van der Waals surface area contributed by atoms with E-state index in [0.29, 0.717) is 23.0 Å². The van der Waals surface area contributed by atoms with Crippen molar-refractivity contribution < 1.29 is 13.2 Å². The van der Waals surface area contributed by atoms with Gasteiger partial charge in [0.05, 0.1) is 11.7 Å². The molecular weight excluding hydrogens is 469 g/mol. The Bertz CT molecular complexity index is 1430. The van der Waals surface area contributed by atoms with Crippen LogP contribution in [-0.4, -0.2) is 51.1 Å². The zero-order valence-electron chi connectivity index (χ0n) is 20.1. The summed E-state index contributed by atoms with van der Waals surface area (Å²) < 4.78 is 40.9. The van der Waals surface area contributed by atoms with Crippen LogP contribution < -0.4 is 15.5 Å². The lowest BCUT2D eigenvalue weighted by atomic mass is 9.79. The minimum absolute atomic E-state index is 0.0206. The molecule has 1 fully saturated rings. The first-order valence-electron chi connectivity index (χ1n) is 11.5. The third-order valence-corrected chi connectivity index (χ3v) is 6.51. The Labute approximate surface area is 206 Å². The molecule has 5 heterocycles. The molecule has 0 aliphatic carbocycles. The molecule has 0 bridgehead atoms. The maximum Gasteiger partial charge on any atom is 0.251 e. The van der Waals surface area contributed by atoms with Crippen molar-refractivity contribution in [1.29, 1.82) is 0 Å². The molecule has 1 aliphatic rings. The van der Waals surface area contributed by atoms with E-state index in [1.54, 1.807) is 24.5 Å². The minimum Gasteiger partial charge on any atom is -0.355 e. The molecule has 0 aromatic carbocycles. The first kappa shape index (κ1) is 23.9. The third-order valence-electron chi connectivity index (χ3n) is 6.51. The molecule has 8 nitrogen and oxygen atoms in total. The molecule has 0 radical (unpaired) electrons. The highest BCUT2D eigenvalue weighted by atomic mass is 19.2. The highest BCUT2D eigenvalue weighted by molar-refractivity contribution is 5.90. The van der Waals surface area contributed by atoms with Gasteiger partial charge in [-0.05, 0) is 36.6 Å². The molecular formula is C25H25F3N8. The molecule has 1 aliphatic heterocycles. The number of nitrogens with zero attached hydrogens (tertiary/aromatic N) is 6. The highest BCUT2D eigenvalue weighted by Crippen LogP contribution is 2.35. The summed E-state index contributed by atoms with van der Waals surface area (Å²) in [5, 5.41) is 6.94. The number of fused-ring (bicyclic) bond motifs is 1. The Kier molecular flexibility index (Phi) is 6.17. The molecule has 4 aromatic heterocycles. The van der Waals surface area contributed by atoms with Crippen molar-refractivity contribution in [3.05, 3.63) is 60.4 Å². The number of rotatable bonds is 5. The van der Waals surface area contributed by atoms with Crippen molar-refractivity contribution in [1.82, 2.24) is 30.2 Å². The largest absolute Gasteiger partial charge is 0.355 e. The average Bonchev–Trinajstić information content (AvgIpc) is 2.86. The lowest BCUT2D eigenvalue weighted by molar-refractivity contribution is 0.215. The maximum absolute atomic E-state index is 14.1. The van der Waals surface area contributed by atoms with Crippen molar-refractivity contribution in [3.63, 3.8) is 0 Å². The van der Waals surface area contributed by atoms with Crippen LogP contribution in [0.25, 0.3) is 22.3 Å². The molecule has 1 atom stereocenters. The van der Waals surface area contributed by atoms with Crippen LogP contribution in [0.3, 0.4) is 0 Å². The molecule has 36 heavy (non-hydrogen) atoms. The van der Waals surface area contributed by atoms with Crippen molar-refractivity contribution in [2.45, 2.75) is 26.3 Å². The standard InChI is InChI=1S/C25H25F3N8/c1-25(2)13-30-8-6-19(25)36(3)24-15-5-7-29-12-18(15)32-22(35-24)14-4-9-31-20(10-14)33-23-17(27)11-16(26)21(28)34-23/h4-5,7,9-12,19,30H,6,8,13H2,1-3H3,(H,31,33,34). The number of halogens is 3. The van der Waals surface area contributed by atoms with Crippen LogP contribution >= 0.6 is 0 Å². The first-order valence-corrected chi connectivity index (χ1v) is 11.5. The second-order valence-electron chi connectivity index (χ2n) is 9.49. The fourth-order valence-electron chi connectivity index (χ4n) is 4.68. The van der Waals surface area contributed by atoms with Crippen molar-refractivity contribution in [2.24, 2.45) is 5.41 Å². The van der Waals surface area contributed by atoms with Gasteiger partial charge in [0.2, 0.25) is 0 Å². The number of hydrogen-bond acceptors (Lipinski definition) is 8. The predicted octanol–water partition coefficient (Wildman–Crippen LogP) is 4.47. The van der Waals surface area contributed by atoms with E-state index in [4.69, 9.17) is 9.97 Å². The molecule has 0 saturated carbocycles. The van der Waals surface area contributed by atoms with Crippen LogP contribution in [0.1, 0.15) is 20.3 Å². The average molecular weight is 495 g/mol. The van der Waals surface area contributed by atoms with Gasteiger partial charge < -0.3 is 15.5 Å². The first-order chi connectivity index (χ1) is 17.2. The molecule has 0 amide bonds. The van der Waals surface area contributed by atoms with Crippen LogP contribution in [0.4, 0.5) is 30.6 Å². The summed E-state index contributed by atoms with van der Waals surface area (Å²) in [5.74, 6) is -2.92. The Hall–Kier alpha value is -3.86. The predicted molar refractivity (Wildman–Crippen MR) is 131 cm³/mol. The fourth-order valence-corrected chi connectivity index (χ4v) is 4.68. The van der Waals surface area contributed by atoms with Crippen molar-refractivity contribution in [3.8, 4) is 11.4 Å². The summed E-state index contributed by atoms with van der Waals surface area (Å²) in [7, 11) is 2.04. The third kappa shape index (κ3) is 4.53. The SMILES string of the molecule is CN(c1nc(-c2ccnc(Nc3nc(F)c(F)cc3F)c2)nc2cnccc12)C1CCNCC1(C)C. The molecule has 1 saturated heterocycles. The van der Waals surface area contributed by atoms with E-state index >= 15 is 0 Å². The number of aromatic nitrogens is 5. The van der Waals surface area contributed by atoms with Crippen molar-refractivity contribution >= 4 is 28.4 Å². The van der Waals surface area contributed by atoms with Gasteiger partial charge in [0, 0.05) is 49.0 Å². The summed E-state index contributed by atoms with van der Waals surface area (Å²) in [6.07, 6.45) is 5.86. The van der Waals surface area contributed by atoms with Gasteiger partial charge in [-0.25, -0.2) is 23.7 Å².